The molecule has 1 N–H and O–H groups in total. The molecule has 1 aliphatic heterocycles. The zero-order valence-corrected chi connectivity index (χ0v) is 20.7. The van der Waals surface area contributed by atoms with Crippen LogP contribution in [0.25, 0.3) is 0 Å². The highest BCUT2D eigenvalue weighted by Gasteiger charge is 2.55. The van der Waals surface area contributed by atoms with E-state index >= 15 is 0 Å². The van der Waals surface area contributed by atoms with Crippen molar-refractivity contribution < 1.29 is 4.79 Å². The van der Waals surface area contributed by atoms with Gasteiger partial charge < -0.3 is 5.32 Å². The maximum Gasteiger partial charge on any atom is 0.308 e. The summed E-state index contributed by atoms with van der Waals surface area (Å²) in [5, 5.41) is 5.20. The first-order valence-electron chi connectivity index (χ1n) is 11.5. The summed E-state index contributed by atoms with van der Waals surface area (Å²) >= 11 is 9.37. The zero-order valence-electron chi connectivity index (χ0n) is 18.3. The molecule has 5 atom stereocenters. The van der Waals surface area contributed by atoms with Crippen LogP contribution in [0.5, 0.6) is 0 Å². The number of aryl methyl sites for hydroxylation is 1. The molecule has 2 bridgehead atoms. The zero-order chi connectivity index (χ0) is 22.7. The summed E-state index contributed by atoms with van der Waals surface area (Å²) in [5.74, 6) is 2.02. The Hall–Kier alpha value is -2.02. The molecular formula is C26H25ClN2O2S2. The topological polar surface area (TPSA) is 51.1 Å². The van der Waals surface area contributed by atoms with Crippen molar-refractivity contribution in [1.82, 2.24) is 4.57 Å². The number of nitrogens with one attached hydrogen (secondary N) is 1. The molecule has 1 aromatic heterocycles. The van der Waals surface area contributed by atoms with Gasteiger partial charge in [0, 0.05) is 26.8 Å². The summed E-state index contributed by atoms with van der Waals surface area (Å²) in [6.45, 7) is 2.04. The lowest BCUT2D eigenvalue weighted by molar-refractivity contribution is -0.116. The number of anilines is 1. The van der Waals surface area contributed by atoms with E-state index in [1.807, 2.05) is 55.1 Å². The fourth-order valence-corrected chi connectivity index (χ4v) is 9.47. The van der Waals surface area contributed by atoms with Gasteiger partial charge in [-0.15, -0.1) is 11.8 Å². The number of thioether (sulfide) groups is 1. The van der Waals surface area contributed by atoms with E-state index in [0.717, 1.165) is 32.1 Å². The maximum atomic E-state index is 13.1. The van der Waals surface area contributed by atoms with E-state index in [4.69, 9.17) is 11.6 Å². The number of carbonyl (C=O) groups excluding carboxylic acids is 1. The standard InChI is InChI=1S/C26H25ClN2O2S2/c1-14-3-2-4-19(11-14)28-20(30)13-29-25-24(33-26(29)31)21(15-7-9-18(27)10-8-15)22-16-5-6-17(12-16)23(22)32-25/h2-4,7-11,16-17,21-23H,5-6,12-13H2,1H3,(H,28,30)/t16-,17-,21+,22-,23+/m0/s1. The monoisotopic (exact) mass is 496 g/mol. The van der Waals surface area contributed by atoms with Crippen LogP contribution in [0.4, 0.5) is 5.69 Å². The molecule has 3 aliphatic rings. The highest BCUT2D eigenvalue weighted by atomic mass is 35.5. The van der Waals surface area contributed by atoms with Crippen LogP contribution in [0.3, 0.4) is 0 Å². The largest absolute Gasteiger partial charge is 0.325 e. The van der Waals surface area contributed by atoms with Gasteiger partial charge in [-0.2, -0.15) is 0 Å². The second kappa shape index (κ2) is 8.33. The number of aromatic nitrogens is 1. The van der Waals surface area contributed by atoms with Gasteiger partial charge in [0.2, 0.25) is 5.91 Å². The summed E-state index contributed by atoms with van der Waals surface area (Å²) in [7, 11) is 0. The third-order valence-corrected chi connectivity index (χ3v) is 10.6. The number of amides is 1. The molecule has 3 aromatic rings. The first-order chi connectivity index (χ1) is 16.0. The van der Waals surface area contributed by atoms with Crippen LogP contribution >= 0.6 is 34.7 Å². The Morgan fingerprint density at radius 2 is 1.94 bits per heavy atom. The molecule has 1 amide bonds. The Bertz CT molecular complexity index is 1280. The molecule has 6 rings (SSSR count). The quantitative estimate of drug-likeness (QED) is 0.470. The van der Waals surface area contributed by atoms with Crippen molar-refractivity contribution in [1.29, 1.82) is 0 Å². The van der Waals surface area contributed by atoms with E-state index in [0.29, 0.717) is 17.1 Å². The van der Waals surface area contributed by atoms with Crippen molar-refractivity contribution in [2.45, 2.75) is 48.9 Å². The molecule has 0 radical (unpaired) electrons. The van der Waals surface area contributed by atoms with E-state index in [1.165, 1.54) is 36.2 Å². The lowest BCUT2D eigenvalue weighted by atomic mass is 9.75. The molecule has 2 aliphatic carbocycles. The summed E-state index contributed by atoms with van der Waals surface area (Å²) < 4.78 is 1.71. The van der Waals surface area contributed by atoms with E-state index in [2.05, 4.69) is 17.4 Å². The average molecular weight is 497 g/mol. The van der Waals surface area contributed by atoms with Crippen molar-refractivity contribution >= 4 is 46.3 Å². The number of carbonyl (C=O) groups is 1. The van der Waals surface area contributed by atoms with E-state index in [-0.39, 0.29) is 23.2 Å². The fourth-order valence-electron chi connectivity index (χ4n) is 6.20. The van der Waals surface area contributed by atoms with E-state index < -0.39 is 0 Å². The number of thiazole rings is 1. The molecule has 170 valence electrons. The summed E-state index contributed by atoms with van der Waals surface area (Å²) in [4.78, 5) is 27.1. The average Bonchev–Trinajstić information content (AvgIpc) is 3.48. The second-order valence-electron chi connectivity index (χ2n) is 9.56. The molecule has 33 heavy (non-hydrogen) atoms. The van der Waals surface area contributed by atoms with Crippen molar-refractivity contribution in [3.63, 3.8) is 0 Å². The van der Waals surface area contributed by atoms with Gasteiger partial charge in [0.15, 0.2) is 0 Å². The Balaban J connectivity index is 1.37. The Labute approximate surface area is 206 Å². The number of hydrogen-bond donors (Lipinski definition) is 1. The van der Waals surface area contributed by atoms with Crippen molar-refractivity contribution in [3.05, 3.63) is 79.2 Å². The second-order valence-corrected chi connectivity index (χ2v) is 12.2. The SMILES string of the molecule is Cc1cccc(NC(=O)Cn2c3c(sc2=O)[C@H](c2ccc(Cl)cc2)[C@@H]2[C@H]4CC[C@@H](C4)[C@H]2S3)c1. The summed E-state index contributed by atoms with van der Waals surface area (Å²) in [6.07, 6.45) is 3.86. The van der Waals surface area contributed by atoms with Gasteiger partial charge in [-0.25, -0.2) is 0 Å². The minimum atomic E-state index is -0.165. The van der Waals surface area contributed by atoms with Crippen LogP contribution in [0.1, 0.15) is 41.2 Å². The van der Waals surface area contributed by atoms with Crippen LogP contribution < -0.4 is 10.2 Å². The van der Waals surface area contributed by atoms with Crippen molar-refractivity contribution in [2.75, 3.05) is 5.32 Å². The molecule has 2 aromatic carbocycles. The Morgan fingerprint density at radius 3 is 2.73 bits per heavy atom. The van der Waals surface area contributed by atoms with Crippen molar-refractivity contribution in [2.24, 2.45) is 17.8 Å². The maximum absolute atomic E-state index is 13.1. The van der Waals surface area contributed by atoms with Gasteiger partial charge in [0.05, 0.1) is 5.03 Å². The van der Waals surface area contributed by atoms with E-state index in [9.17, 15) is 9.59 Å². The molecule has 2 heterocycles. The van der Waals surface area contributed by atoms with Crippen LogP contribution in [0, 0.1) is 24.7 Å². The molecule has 7 heteroatoms. The number of nitrogens with zero attached hydrogens (tertiary/aromatic N) is 1. The van der Waals surface area contributed by atoms with Gasteiger partial charge in [-0.3, -0.25) is 14.2 Å². The highest BCUT2D eigenvalue weighted by molar-refractivity contribution is 8.00. The lowest BCUT2D eigenvalue weighted by Gasteiger charge is -2.40. The van der Waals surface area contributed by atoms with Crippen LogP contribution in [0.2, 0.25) is 5.02 Å². The predicted molar refractivity (Wildman–Crippen MR) is 136 cm³/mol. The third-order valence-electron chi connectivity index (χ3n) is 7.52. The summed E-state index contributed by atoms with van der Waals surface area (Å²) in [6, 6.07) is 15.9. The number of halogens is 1. The first-order valence-corrected chi connectivity index (χ1v) is 13.6. The Kier molecular flexibility index (Phi) is 5.43. The molecule has 0 spiro atoms. The lowest BCUT2D eigenvalue weighted by Crippen LogP contribution is -2.34. The molecular weight excluding hydrogens is 472 g/mol. The molecule has 4 nitrogen and oxygen atoms in total. The van der Waals surface area contributed by atoms with E-state index in [1.54, 1.807) is 4.57 Å². The minimum Gasteiger partial charge on any atom is -0.325 e. The van der Waals surface area contributed by atoms with Gasteiger partial charge in [0.25, 0.3) is 0 Å². The fraction of sp³-hybridized carbons (Fsp3) is 0.385. The van der Waals surface area contributed by atoms with Gasteiger partial charge >= 0.3 is 4.87 Å². The number of rotatable bonds is 4. The Morgan fingerprint density at radius 1 is 1.15 bits per heavy atom. The predicted octanol–water partition coefficient (Wildman–Crippen LogP) is 6.16. The van der Waals surface area contributed by atoms with Crippen LogP contribution in [-0.2, 0) is 11.3 Å². The van der Waals surface area contributed by atoms with Gasteiger partial charge in [0.1, 0.15) is 6.54 Å². The van der Waals surface area contributed by atoms with Crippen LogP contribution in [-0.4, -0.2) is 15.7 Å². The summed E-state index contributed by atoms with van der Waals surface area (Å²) in [5.41, 5.74) is 3.08. The van der Waals surface area contributed by atoms with Gasteiger partial charge in [-0.05, 0) is 79.3 Å². The number of fused-ring (bicyclic) bond motifs is 6. The smallest absolute Gasteiger partial charge is 0.308 e. The minimum absolute atomic E-state index is 0.0434. The normalized spacial score (nSPS) is 27.3. The number of hydrogen-bond acceptors (Lipinski definition) is 4. The van der Waals surface area contributed by atoms with Gasteiger partial charge in [-0.1, -0.05) is 47.2 Å². The van der Waals surface area contributed by atoms with Crippen LogP contribution in [0.15, 0.2) is 58.4 Å². The van der Waals surface area contributed by atoms with Crippen molar-refractivity contribution in [3.8, 4) is 0 Å². The molecule has 2 fully saturated rings. The first kappa shape index (κ1) is 21.5. The molecule has 2 saturated carbocycles. The molecule has 0 unspecified atom stereocenters. The third kappa shape index (κ3) is 3.76. The number of benzene rings is 2. The highest BCUT2D eigenvalue weighted by Crippen LogP contribution is 2.64. The molecule has 0 saturated heterocycles.